The van der Waals surface area contributed by atoms with Crippen LogP contribution < -0.4 is 20.1 Å². The monoisotopic (exact) mass is 354 g/mol. The minimum atomic E-state index is 0.546. The van der Waals surface area contributed by atoms with E-state index >= 15 is 0 Å². The van der Waals surface area contributed by atoms with E-state index in [9.17, 15) is 0 Å². The zero-order valence-electron chi connectivity index (χ0n) is 15.4. The van der Waals surface area contributed by atoms with Gasteiger partial charge in [0.15, 0.2) is 5.96 Å². The molecular weight excluding hydrogens is 328 g/mol. The second-order valence-corrected chi connectivity index (χ2v) is 6.31. The van der Waals surface area contributed by atoms with Gasteiger partial charge in [-0.05, 0) is 43.4 Å². The van der Waals surface area contributed by atoms with Crippen LogP contribution >= 0.6 is 0 Å². The van der Waals surface area contributed by atoms with E-state index in [-0.39, 0.29) is 0 Å². The highest BCUT2D eigenvalue weighted by Crippen LogP contribution is 2.27. The molecule has 1 fully saturated rings. The predicted octanol–water partition coefficient (Wildman–Crippen LogP) is 3.35. The van der Waals surface area contributed by atoms with Gasteiger partial charge < -0.3 is 20.1 Å². The van der Waals surface area contributed by atoms with E-state index in [0.717, 1.165) is 36.3 Å². The molecule has 1 aliphatic carbocycles. The molecule has 1 aromatic heterocycles. The number of rotatable bonds is 8. The Morgan fingerprint density at radius 2 is 2.04 bits per heavy atom. The van der Waals surface area contributed by atoms with Crippen molar-refractivity contribution in [1.82, 2.24) is 15.6 Å². The SMILES string of the molecule is CCNC(=NCc1ccc(Oc2cccc(OC)c2)nc1)NCC1CC1. The normalized spacial score (nSPS) is 14.0. The summed E-state index contributed by atoms with van der Waals surface area (Å²) in [5, 5.41) is 6.66. The summed E-state index contributed by atoms with van der Waals surface area (Å²) in [6.07, 6.45) is 4.44. The smallest absolute Gasteiger partial charge is 0.219 e. The van der Waals surface area contributed by atoms with Crippen LogP contribution in [0.15, 0.2) is 47.6 Å². The molecule has 0 atom stereocenters. The standard InChI is InChI=1S/C20H26N4O2/c1-3-21-20(23-12-15-7-8-15)24-14-16-9-10-19(22-13-16)26-18-6-4-5-17(11-18)25-2/h4-6,9-11,13,15H,3,7-8,12,14H2,1-2H3,(H2,21,23,24). The van der Waals surface area contributed by atoms with E-state index < -0.39 is 0 Å². The summed E-state index contributed by atoms with van der Waals surface area (Å²) in [5.74, 6) is 3.67. The molecule has 0 spiro atoms. The second kappa shape index (κ2) is 9.08. The summed E-state index contributed by atoms with van der Waals surface area (Å²) >= 11 is 0. The molecule has 1 saturated carbocycles. The van der Waals surface area contributed by atoms with Crippen LogP contribution in [0.25, 0.3) is 0 Å². The number of nitrogens with zero attached hydrogens (tertiary/aromatic N) is 2. The van der Waals surface area contributed by atoms with E-state index in [2.05, 4.69) is 27.5 Å². The molecule has 6 heteroatoms. The quantitative estimate of drug-likeness (QED) is 0.562. The first kappa shape index (κ1) is 18.0. The van der Waals surface area contributed by atoms with Crippen LogP contribution in [0.5, 0.6) is 17.4 Å². The number of hydrogen-bond acceptors (Lipinski definition) is 4. The number of pyridine rings is 1. The molecule has 6 nitrogen and oxygen atoms in total. The first-order valence-electron chi connectivity index (χ1n) is 9.06. The van der Waals surface area contributed by atoms with Gasteiger partial charge in [-0.1, -0.05) is 12.1 Å². The van der Waals surface area contributed by atoms with Crippen molar-refractivity contribution in [1.29, 1.82) is 0 Å². The Morgan fingerprint density at radius 3 is 2.73 bits per heavy atom. The van der Waals surface area contributed by atoms with Crippen molar-refractivity contribution in [2.75, 3.05) is 20.2 Å². The van der Waals surface area contributed by atoms with E-state index in [1.807, 2.05) is 36.4 Å². The van der Waals surface area contributed by atoms with Gasteiger partial charge in [-0.15, -0.1) is 0 Å². The zero-order valence-corrected chi connectivity index (χ0v) is 15.4. The first-order valence-corrected chi connectivity index (χ1v) is 9.06. The Balaban J connectivity index is 1.56. The number of nitrogens with one attached hydrogen (secondary N) is 2. The molecule has 0 saturated heterocycles. The Hall–Kier alpha value is -2.76. The molecule has 2 N–H and O–H groups in total. The van der Waals surface area contributed by atoms with Crippen LogP contribution in [0, 0.1) is 5.92 Å². The van der Waals surface area contributed by atoms with Crippen LogP contribution in [-0.4, -0.2) is 31.1 Å². The molecule has 1 aromatic carbocycles. The van der Waals surface area contributed by atoms with Crippen molar-refractivity contribution in [3.05, 3.63) is 48.2 Å². The fraction of sp³-hybridized carbons (Fsp3) is 0.400. The molecule has 3 rings (SSSR count). The highest BCUT2D eigenvalue weighted by molar-refractivity contribution is 5.79. The van der Waals surface area contributed by atoms with E-state index in [1.54, 1.807) is 13.3 Å². The second-order valence-electron chi connectivity index (χ2n) is 6.31. The topological polar surface area (TPSA) is 67.8 Å². The summed E-state index contributed by atoms with van der Waals surface area (Å²) in [7, 11) is 1.63. The van der Waals surface area contributed by atoms with Gasteiger partial charge in [0, 0.05) is 31.4 Å². The van der Waals surface area contributed by atoms with Crippen LogP contribution in [0.4, 0.5) is 0 Å². The average Bonchev–Trinajstić information content (AvgIpc) is 3.50. The maximum Gasteiger partial charge on any atom is 0.219 e. The third kappa shape index (κ3) is 5.65. The molecule has 0 radical (unpaired) electrons. The lowest BCUT2D eigenvalue weighted by molar-refractivity contribution is 0.407. The highest BCUT2D eigenvalue weighted by Gasteiger charge is 2.20. The zero-order chi connectivity index (χ0) is 18.2. The van der Waals surface area contributed by atoms with Crippen molar-refractivity contribution in [3.8, 4) is 17.4 Å². The number of aliphatic imine (C=N–C) groups is 1. The number of methoxy groups -OCH3 is 1. The van der Waals surface area contributed by atoms with E-state index in [1.165, 1.54) is 12.8 Å². The lowest BCUT2D eigenvalue weighted by Crippen LogP contribution is -2.38. The summed E-state index contributed by atoms with van der Waals surface area (Å²) in [6, 6.07) is 11.3. The van der Waals surface area contributed by atoms with Gasteiger partial charge in [0.25, 0.3) is 0 Å². The molecule has 138 valence electrons. The number of ether oxygens (including phenoxy) is 2. The molecule has 1 aliphatic rings. The van der Waals surface area contributed by atoms with Gasteiger partial charge in [-0.25, -0.2) is 9.98 Å². The number of guanidine groups is 1. The Labute approximate surface area is 154 Å². The number of hydrogen-bond donors (Lipinski definition) is 2. The molecule has 1 heterocycles. The number of benzene rings is 1. The summed E-state index contributed by atoms with van der Waals surface area (Å²) < 4.78 is 11.0. The van der Waals surface area contributed by atoms with Gasteiger partial charge in [0.2, 0.25) is 5.88 Å². The van der Waals surface area contributed by atoms with Gasteiger partial charge in [-0.2, -0.15) is 0 Å². The van der Waals surface area contributed by atoms with Crippen molar-refractivity contribution >= 4 is 5.96 Å². The van der Waals surface area contributed by atoms with Gasteiger partial charge >= 0.3 is 0 Å². The minimum absolute atomic E-state index is 0.546. The molecule has 2 aromatic rings. The van der Waals surface area contributed by atoms with Gasteiger partial charge in [-0.3, -0.25) is 0 Å². The first-order chi connectivity index (χ1) is 12.8. The van der Waals surface area contributed by atoms with Gasteiger partial charge in [0.05, 0.1) is 13.7 Å². The molecule has 0 bridgehead atoms. The summed E-state index contributed by atoms with van der Waals surface area (Å²) in [5.41, 5.74) is 1.03. The van der Waals surface area contributed by atoms with E-state index in [4.69, 9.17) is 9.47 Å². The Bertz CT molecular complexity index is 727. The van der Waals surface area contributed by atoms with Crippen LogP contribution in [-0.2, 0) is 6.54 Å². The largest absolute Gasteiger partial charge is 0.497 e. The fourth-order valence-corrected chi connectivity index (χ4v) is 2.43. The molecular formula is C20H26N4O2. The molecule has 26 heavy (non-hydrogen) atoms. The highest BCUT2D eigenvalue weighted by atomic mass is 16.5. The van der Waals surface area contributed by atoms with Crippen LogP contribution in [0.3, 0.4) is 0 Å². The summed E-state index contributed by atoms with van der Waals surface area (Å²) in [6.45, 7) is 4.49. The molecule has 0 unspecified atom stereocenters. The third-order valence-corrected chi connectivity index (χ3v) is 4.08. The lowest BCUT2D eigenvalue weighted by atomic mass is 10.3. The Morgan fingerprint density at radius 1 is 1.19 bits per heavy atom. The lowest BCUT2D eigenvalue weighted by Gasteiger charge is -2.11. The molecule has 0 aliphatic heterocycles. The van der Waals surface area contributed by atoms with Gasteiger partial charge in [0.1, 0.15) is 11.5 Å². The van der Waals surface area contributed by atoms with Crippen molar-refractivity contribution in [3.63, 3.8) is 0 Å². The average molecular weight is 354 g/mol. The molecule has 0 amide bonds. The Kier molecular flexibility index (Phi) is 6.30. The van der Waals surface area contributed by atoms with Crippen molar-refractivity contribution in [2.45, 2.75) is 26.3 Å². The predicted molar refractivity (Wildman–Crippen MR) is 103 cm³/mol. The van der Waals surface area contributed by atoms with E-state index in [0.29, 0.717) is 18.2 Å². The maximum absolute atomic E-state index is 5.76. The minimum Gasteiger partial charge on any atom is -0.497 e. The summed E-state index contributed by atoms with van der Waals surface area (Å²) in [4.78, 5) is 8.98. The van der Waals surface area contributed by atoms with Crippen molar-refractivity contribution in [2.24, 2.45) is 10.9 Å². The number of aromatic nitrogens is 1. The maximum atomic E-state index is 5.76. The third-order valence-electron chi connectivity index (χ3n) is 4.08. The van der Waals surface area contributed by atoms with Crippen molar-refractivity contribution < 1.29 is 9.47 Å². The van der Waals surface area contributed by atoms with Crippen LogP contribution in [0.2, 0.25) is 0 Å². The fourth-order valence-electron chi connectivity index (χ4n) is 2.43. The van der Waals surface area contributed by atoms with Crippen LogP contribution in [0.1, 0.15) is 25.3 Å².